The molecular formula is C22H26ClN5O3S. The second kappa shape index (κ2) is 7.74. The van der Waals surface area contributed by atoms with Crippen molar-refractivity contribution in [3.8, 4) is 5.88 Å². The number of hydrogen-bond acceptors (Lipinski definition) is 8. The highest BCUT2D eigenvalue weighted by Gasteiger charge is 2.43. The highest BCUT2D eigenvalue weighted by molar-refractivity contribution is 7.85. The number of hydrogen-bond donors (Lipinski definition) is 2. The highest BCUT2D eigenvalue weighted by atomic mass is 35.5. The number of aromatic nitrogens is 2. The average molecular weight is 476 g/mol. The van der Waals surface area contributed by atoms with Gasteiger partial charge in [0.15, 0.2) is 11.8 Å². The van der Waals surface area contributed by atoms with Gasteiger partial charge in [-0.1, -0.05) is 11.6 Å². The van der Waals surface area contributed by atoms with Gasteiger partial charge in [0.2, 0.25) is 11.8 Å². The molecule has 10 heteroatoms. The summed E-state index contributed by atoms with van der Waals surface area (Å²) in [6.07, 6.45) is 2.81. The van der Waals surface area contributed by atoms with Crippen molar-refractivity contribution in [3.05, 3.63) is 29.3 Å². The van der Waals surface area contributed by atoms with Crippen molar-refractivity contribution >= 4 is 39.9 Å². The molecule has 2 saturated heterocycles. The summed E-state index contributed by atoms with van der Waals surface area (Å²) in [4.78, 5) is 14.6. The van der Waals surface area contributed by atoms with Crippen molar-refractivity contribution in [1.29, 1.82) is 0 Å². The SMILES string of the molecule is O=S1COc2nc(N3CC4CN(c5ccc(Cl)cc5)CC4C3)nc(NC3(CO)CCC3)c21. The number of aliphatic hydroxyl groups is 1. The summed E-state index contributed by atoms with van der Waals surface area (Å²) < 4.78 is 18.2. The second-order valence-electron chi connectivity index (χ2n) is 9.34. The average Bonchev–Trinajstić information content (AvgIpc) is 3.44. The van der Waals surface area contributed by atoms with Gasteiger partial charge in [0.1, 0.15) is 15.7 Å². The van der Waals surface area contributed by atoms with Crippen LogP contribution in [0.2, 0.25) is 5.02 Å². The lowest BCUT2D eigenvalue weighted by atomic mass is 9.77. The van der Waals surface area contributed by atoms with Crippen LogP contribution in [0.15, 0.2) is 29.2 Å². The van der Waals surface area contributed by atoms with E-state index < -0.39 is 10.8 Å². The van der Waals surface area contributed by atoms with Crippen LogP contribution in [-0.2, 0) is 10.8 Å². The summed E-state index contributed by atoms with van der Waals surface area (Å²) in [5.41, 5.74) is 0.827. The van der Waals surface area contributed by atoms with E-state index in [1.54, 1.807) is 0 Å². The summed E-state index contributed by atoms with van der Waals surface area (Å²) >= 11 is 6.04. The van der Waals surface area contributed by atoms with Crippen LogP contribution < -0.4 is 19.9 Å². The van der Waals surface area contributed by atoms with E-state index in [0.717, 1.165) is 50.5 Å². The Balaban J connectivity index is 1.22. The molecule has 0 bridgehead atoms. The number of halogens is 1. The van der Waals surface area contributed by atoms with E-state index in [0.29, 0.717) is 34.4 Å². The van der Waals surface area contributed by atoms with Gasteiger partial charge in [-0.2, -0.15) is 9.97 Å². The van der Waals surface area contributed by atoms with Crippen LogP contribution in [0.4, 0.5) is 17.5 Å². The van der Waals surface area contributed by atoms with Crippen molar-refractivity contribution in [1.82, 2.24) is 9.97 Å². The Labute approximate surface area is 194 Å². The predicted molar refractivity (Wildman–Crippen MR) is 124 cm³/mol. The molecule has 2 N–H and O–H groups in total. The first-order valence-electron chi connectivity index (χ1n) is 11.1. The molecule has 0 spiro atoms. The summed E-state index contributed by atoms with van der Waals surface area (Å²) in [6, 6.07) is 8.04. The maximum absolute atomic E-state index is 12.5. The molecule has 1 aromatic carbocycles. The monoisotopic (exact) mass is 475 g/mol. The third kappa shape index (κ3) is 3.41. The minimum atomic E-state index is -1.29. The third-order valence-corrected chi connectivity index (χ3v) is 8.72. The third-order valence-electron chi connectivity index (χ3n) is 7.31. The van der Waals surface area contributed by atoms with Gasteiger partial charge >= 0.3 is 0 Å². The second-order valence-corrected chi connectivity index (χ2v) is 11.1. The van der Waals surface area contributed by atoms with Gasteiger partial charge in [0.05, 0.1) is 12.1 Å². The smallest absolute Gasteiger partial charge is 0.238 e. The number of fused-ring (bicyclic) bond motifs is 2. The van der Waals surface area contributed by atoms with Gasteiger partial charge in [0.25, 0.3) is 0 Å². The zero-order valence-electron chi connectivity index (χ0n) is 17.7. The summed E-state index contributed by atoms with van der Waals surface area (Å²) in [7, 11) is -1.29. The van der Waals surface area contributed by atoms with Crippen molar-refractivity contribution < 1.29 is 14.1 Å². The fraction of sp³-hybridized carbons (Fsp3) is 0.545. The highest BCUT2D eigenvalue weighted by Crippen LogP contribution is 2.42. The standard InChI is InChI=1S/C22H26ClN5O3S/c23-16-2-4-17(5-3-16)27-8-14-10-28(11-15(14)9-27)21-24-19(26-22(12-29)6-1-7-22)18-20(25-21)31-13-32(18)30/h2-5,14-15,29H,1,6-13H2,(H,24,25,26). The van der Waals surface area contributed by atoms with Gasteiger partial charge in [0, 0.05) is 48.7 Å². The van der Waals surface area contributed by atoms with Crippen LogP contribution in [-0.4, -0.2) is 63.5 Å². The summed E-state index contributed by atoms with van der Waals surface area (Å²) in [5, 5.41) is 14.1. The van der Waals surface area contributed by atoms with E-state index in [1.807, 2.05) is 12.1 Å². The molecule has 4 heterocycles. The molecule has 1 saturated carbocycles. The Morgan fingerprint density at radius 3 is 2.44 bits per heavy atom. The van der Waals surface area contributed by atoms with Crippen molar-refractivity contribution in [2.24, 2.45) is 11.8 Å². The Morgan fingerprint density at radius 1 is 1.12 bits per heavy atom. The zero-order valence-corrected chi connectivity index (χ0v) is 19.2. The zero-order chi connectivity index (χ0) is 21.9. The van der Waals surface area contributed by atoms with Crippen LogP contribution in [0.25, 0.3) is 0 Å². The van der Waals surface area contributed by atoms with Gasteiger partial charge in [-0.05, 0) is 43.5 Å². The first-order chi connectivity index (χ1) is 15.5. The van der Waals surface area contributed by atoms with E-state index in [2.05, 4.69) is 32.2 Å². The number of anilines is 3. The van der Waals surface area contributed by atoms with Gasteiger partial charge in [-0.15, -0.1) is 0 Å². The lowest BCUT2D eigenvalue weighted by Gasteiger charge is -2.41. The molecule has 170 valence electrons. The topological polar surface area (TPSA) is 90.8 Å². The van der Waals surface area contributed by atoms with Crippen LogP contribution in [0.3, 0.4) is 0 Å². The Bertz CT molecular complexity index is 1040. The van der Waals surface area contributed by atoms with Crippen LogP contribution in [0.5, 0.6) is 5.88 Å². The van der Waals surface area contributed by atoms with Crippen LogP contribution in [0, 0.1) is 11.8 Å². The van der Waals surface area contributed by atoms with E-state index in [9.17, 15) is 9.32 Å². The van der Waals surface area contributed by atoms with E-state index in [-0.39, 0.29) is 18.1 Å². The summed E-state index contributed by atoms with van der Waals surface area (Å²) in [5.74, 6) is 2.74. The molecule has 0 amide bonds. The van der Waals surface area contributed by atoms with Crippen molar-refractivity contribution in [2.45, 2.75) is 29.7 Å². The summed E-state index contributed by atoms with van der Waals surface area (Å²) in [6.45, 7) is 3.77. The number of ether oxygens (including phenoxy) is 1. The molecule has 0 radical (unpaired) electrons. The van der Waals surface area contributed by atoms with Crippen molar-refractivity contribution in [3.63, 3.8) is 0 Å². The Kier molecular flexibility index (Phi) is 4.96. The molecule has 32 heavy (non-hydrogen) atoms. The number of aliphatic hydroxyl groups excluding tert-OH is 1. The fourth-order valence-corrected chi connectivity index (χ4v) is 6.39. The van der Waals surface area contributed by atoms with Gasteiger partial charge in [-0.3, -0.25) is 4.21 Å². The first-order valence-corrected chi connectivity index (χ1v) is 12.8. The number of rotatable bonds is 5. The van der Waals surface area contributed by atoms with E-state index in [4.69, 9.17) is 21.3 Å². The van der Waals surface area contributed by atoms with Gasteiger partial charge < -0.3 is 25.0 Å². The number of nitrogens with zero attached hydrogens (tertiary/aromatic N) is 4. The van der Waals surface area contributed by atoms with E-state index in [1.165, 1.54) is 5.69 Å². The van der Waals surface area contributed by atoms with Crippen LogP contribution >= 0.6 is 11.6 Å². The Morgan fingerprint density at radius 2 is 1.81 bits per heavy atom. The Hall–Kier alpha value is -2.10. The molecule has 3 aliphatic heterocycles. The quantitative estimate of drug-likeness (QED) is 0.681. The molecule has 6 rings (SSSR count). The molecule has 3 atom stereocenters. The maximum Gasteiger partial charge on any atom is 0.238 e. The predicted octanol–water partition coefficient (Wildman–Crippen LogP) is 2.49. The molecule has 1 aliphatic carbocycles. The van der Waals surface area contributed by atoms with Gasteiger partial charge in [-0.25, -0.2) is 0 Å². The molecule has 3 fully saturated rings. The largest absolute Gasteiger partial charge is 0.463 e. The number of nitrogens with one attached hydrogen (secondary N) is 1. The fourth-order valence-electron chi connectivity index (χ4n) is 5.31. The number of benzene rings is 1. The molecule has 2 aromatic rings. The molecule has 8 nitrogen and oxygen atoms in total. The molecule has 1 aromatic heterocycles. The lowest BCUT2D eigenvalue weighted by Crippen LogP contribution is -2.48. The minimum Gasteiger partial charge on any atom is -0.463 e. The lowest BCUT2D eigenvalue weighted by molar-refractivity contribution is 0.143. The molecule has 3 unspecified atom stereocenters. The molecular weight excluding hydrogens is 450 g/mol. The molecule has 4 aliphatic rings. The first kappa shape index (κ1) is 20.5. The maximum atomic E-state index is 12.5. The van der Waals surface area contributed by atoms with Crippen LogP contribution in [0.1, 0.15) is 19.3 Å². The normalized spacial score (nSPS) is 27.6. The van der Waals surface area contributed by atoms with Crippen molar-refractivity contribution in [2.75, 3.05) is 53.8 Å². The van der Waals surface area contributed by atoms with E-state index >= 15 is 0 Å². The minimum absolute atomic E-state index is 0.0308.